The Morgan fingerprint density at radius 2 is 1.33 bits per heavy atom. The van der Waals surface area contributed by atoms with Gasteiger partial charge in [-0.25, -0.2) is 0 Å². The first-order valence-corrected chi connectivity index (χ1v) is 5.20. The van der Waals surface area contributed by atoms with E-state index in [4.69, 9.17) is 0 Å². The van der Waals surface area contributed by atoms with Crippen molar-refractivity contribution in [1.82, 2.24) is 0 Å². The molecule has 15 heavy (non-hydrogen) atoms. The first-order chi connectivity index (χ1) is 7.02. The fourth-order valence-corrected chi connectivity index (χ4v) is 2.27. The van der Waals surface area contributed by atoms with E-state index in [9.17, 15) is 0 Å². The predicted molar refractivity (Wildman–Crippen MR) is 68.5 cm³/mol. The van der Waals surface area contributed by atoms with Gasteiger partial charge in [-0.3, -0.25) is 0 Å². The summed E-state index contributed by atoms with van der Waals surface area (Å²) in [5.41, 5.74) is 3.95. The number of fused-ring (bicyclic) bond motifs is 1. The van der Waals surface area contributed by atoms with Crippen LogP contribution in [0.3, 0.4) is 0 Å². The highest BCUT2D eigenvalue weighted by atomic mass is 14.1. The molecule has 0 heterocycles. The van der Waals surface area contributed by atoms with Crippen LogP contribution in [0.1, 0.15) is 16.7 Å². The first kappa shape index (κ1) is 9.97. The van der Waals surface area contributed by atoms with E-state index in [2.05, 4.69) is 46.1 Å². The summed E-state index contributed by atoms with van der Waals surface area (Å²) in [6.07, 6.45) is 0. The first-order valence-electron chi connectivity index (χ1n) is 5.20. The molecule has 0 unspecified atom stereocenters. The molecule has 0 radical (unpaired) electrons. The Bertz CT molecular complexity index is 633. The highest BCUT2D eigenvalue weighted by molar-refractivity contribution is 5.90. The van der Waals surface area contributed by atoms with Crippen molar-refractivity contribution in [1.29, 1.82) is 0 Å². The monoisotopic (exact) mass is 196 g/mol. The molecule has 2 aromatic rings. The van der Waals surface area contributed by atoms with Crippen molar-refractivity contribution < 1.29 is 0 Å². The molecule has 0 N–H and O–H groups in total. The summed E-state index contributed by atoms with van der Waals surface area (Å²) in [5.74, 6) is 0. The third-order valence-corrected chi connectivity index (χ3v) is 3.17. The molecule has 0 amide bonds. The van der Waals surface area contributed by atoms with Crippen molar-refractivity contribution in [2.24, 2.45) is 0 Å². The molecule has 0 nitrogen and oxygen atoms in total. The average molecular weight is 196 g/mol. The van der Waals surface area contributed by atoms with E-state index in [1.165, 1.54) is 27.5 Å². The Hall–Kier alpha value is -1.56. The number of benzene rings is 2. The van der Waals surface area contributed by atoms with Crippen LogP contribution in [0, 0.1) is 20.8 Å². The van der Waals surface area contributed by atoms with Crippen LogP contribution in [0.4, 0.5) is 0 Å². The quantitative estimate of drug-likeness (QED) is 0.607. The van der Waals surface area contributed by atoms with E-state index in [1.54, 1.807) is 0 Å². The molecule has 0 aliphatic carbocycles. The lowest BCUT2D eigenvalue weighted by Gasteiger charge is -2.10. The summed E-state index contributed by atoms with van der Waals surface area (Å²) in [7, 11) is 0. The third-order valence-electron chi connectivity index (χ3n) is 3.17. The van der Waals surface area contributed by atoms with E-state index >= 15 is 0 Å². The maximum Gasteiger partial charge on any atom is -0.00770 e. The van der Waals surface area contributed by atoms with Crippen LogP contribution in [0.25, 0.3) is 23.9 Å². The Labute approximate surface area is 90.6 Å². The SMILES string of the molecule is C=c1ccc(=C)c2c(C)c(C)cc(C)c12. The van der Waals surface area contributed by atoms with Crippen LogP contribution in [-0.2, 0) is 0 Å². The van der Waals surface area contributed by atoms with Crippen LogP contribution < -0.4 is 10.4 Å². The topological polar surface area (TPSA) is 0 Å². The van der Waals surface area contributed by atoms with Gasteiger partial charge >= 0.3 is 0 Å². The molecular formula is C15H16. The minimum Gasteiger partial charge on any atom is -0.0911 e. The predicted octanol–water partition coefficient (Wildman–Crippen LogP) is 2.59. The lowest BCUT2D eigenvalue weighted by molar-refractivity contribution is 1.33. The minimum absolute atomic E-state index is 1.10. The second-order valence-electron chi connectivity index (χ2n) is 4.27. The summed E-state index contributed by atoms with van der Waals surface area (Å²) in [6.45, 7) is 14.6. The molecule has 0 saturated carbocycles. The van der Waals surface area contributed by atoms with Crippen molar-refractivity contribution in [2.75, 3.05) is 0 Å². The average Bonchev–Trinajstić information content (AvgIpc) is 2.18. The Morgan fingerprint density at radius 3 is 1.93 bits per heavy atom. The largest absolute Gasteiger partial charge is 0.0911 e. The molecular weight excluding hydrogens is 180 g/mol. The summed E-state index contributed by atoms with van der Waals surface area (Å²) >= 11 is 0. The smallest absolute Gasteiger partial charge is 0.00770 e. The van der Waals surface area contributed by atoms with Crippen molar-refractivity contribution >= 4 is 23.9 Å². The van der Waals surface area contributed by atoms with E-state index in [0.717, 1.165) is 10.4 Å². The fourth-order valence-electron chi connectivity index (χ4n) is 2.27. The normalized spacial score (nSPS) is 10.9. The molecule has 2 aromatic carbocycles. The summed E-state index contributed by atoms with van der Waals surface area (Å²) in [5, 5.41) is 4.74. The van der Waals surface area contributed by atoms with Crippen molar-refractivity contribution in [3.63, 3.8) is 0 Å². The van der Waals surface area contributed by atoms with Crippen LogP contribution >= 0.6 is 0 Å². The van der Waals surface area contributed by atoms with Gasteiger partial charge in [0.15, 0.2) is 0 Å². The molecule has 0 fully saturated rings. The zero-order chi connectivity index (χ0) is 11.2. The molecule has 0 heteroatoms. The molecule has 76 valence electrons. The zero-order valence-electron chi connectivity index (χ0n) is 9.65. The highest BCUT2D eigenvalue weighted by Gasteiger charge is 2.05. The van der Waals surface area contributed by atoms with Gasteiger partial charge in [0.2, 0.25) is 0 Å². The van der Waals surface area contributed by atoms with Crippen molar-refractivity contribution in [2.45, 2.75) is 20.8 Å². The number of aryl methyl sites for hydroxylation is 3. The van der Waals surface area contributed by atoms with Crippen molar-refractivity contribution in [3.8, 4) is 0 Å². The minimum atomic E-state index is 1.10. The van der Waals surface area contributed by atoms with Gasteiger partial charge in [0.05, 0.1) is 0 Å². The molecule has 0 aliphatic rings. The van der Waals surface area contributed by atoms with Crippen LogP contribution in [0.2, 0.25) is 0 Å². The highest BCUT2D eigenvalue weighted by Crippen LogP contribution is 2.19. The molecule has 0 saturated heterocycles. The number of rotatable bonds is 0. The Morgan fingerprint density at radius 1 is 0.800 bits per heavy atom. The Kier molecular flexibility index (Phi) is 2.15. The molecule has 2 rings (SSSR count). The van der Waals surface area contributed by atoms with Crippen LogP contribution in [0.5, 0.6) is 0 Å². The van der Waals surface area contributed by atoms with E-state index in [1.807, 2.05) is 6.07 Å². The standard InChI is InChI=1S/C15H16/c1-9-6-7-10(2)15-13(5)11(3)8-12(4)14(9)15/h6-8H,1-2H2,3-5H3. The van der Waals surface area contributed by atoms with Gasteiger partial charge in [-0.2, -0.15) is 0 Å². The molecule has 0 atom stereocenters. The van der Waals surface area contributed by atoms with Crippen LogP contribution in [-0.4, -0.2) is 0 Å². The third kappa shape index (κ3) is 1.37. The zero-order valence-corrected chi connectivity index (χ0v) is 9.65. The molecule has 0 aromatic heterocycles. The molecule has 0 spiro atoms. The van der Waals surface area contributed by atoms with E-state index in [-0.39, 0.29) is 0 Å². The second-order valence-corrected chi connectivity index (χ2v) is 4.27. The van der Waals surface area contributed by atoms with Gasteiger partial charge in [-0.1, -0.05) is 31.4 Å². The van der Waals surface area contributed by atoms with E-state index in [0.29, 0.717) is 0 Å². The van der Waals surface area contributed by atoms with Gasteiger partial charge in [-0.15, -0.1) is 0 Å². The number of hydrogen-bond donors (Lipinski definition) is 0. The summed E-state index contributed by atoms with van der Waals surface area (Å²) < 4.78 is 0. The lowest BCUT2D eigenvalue weighted by Crippen LogP contribution is -2.11. The lowest BCUT2D eigenvalue weighted by atomic mass is 9.94. The van der Waals surface area contributed by atoms with Crippen molar-refractivity contribution in [3.05, 3.63) is 45.3 Å². The Balaban J connectivity index is 3.23. The van der Waals surface area contributed by atoms with E-state index < -0.39 is 0 Å². The van der Waals surface area contributed by atoms with Gasteiger partial charge in [0.25, 0.3) is 0 Å². The van der Waals surface area contributed by atoms with Gasteiger partial charge in [-0.05, 0) is 58.7 Å². The maximum absolute atomic E-state index is 4.11. The second kappa shape index (κ2) is 3.23. The number of hydrogen-bond acceptors (Lipinski definition) is 0. The molecule has 0 aliphatic heterocycles. The summed E-state index contributed by atoms with van der Waals surface area (Å²) in [6, 6.07) is 6.33. The molecule has 0 bridgehead atoms. The van der Waals surface area contributed by atoms with Gasteiger partial charge < -0.3 is 0 Å². The van der Waals surface area contributed by atoms with Gasteiger partial charge in [0, 0.05) is 0 Å². The maximum atomic E-state index is 4.11. The fraction of sp³-hybridized carbons (Fsp3) is 0.200. The van der Waals surface area contributed by atoms with Gasteiger partial charge in [0.1, 0.15) is 0 Å². The summed E-state index contributed by atoms with van der Waals surface area (Å²) in [4.78, 5) is 0. The van der Waals surface area contributed by atoms with Crippen LogP contribution in [0.15, 0.2) is 18.2 Å².